The molecule has 5 rings (SSSR count). The van der Waals surface area contributed by atoms with Crippen molar-refractivity contribution < 1.29 is 24.5 Å². The van der Waals surface area contributed by atoms with Gasteiger partial charge in [-0.2, -0.15) is 0 Å². The molecule has 7 heteroatoms. The smallest absolute Gasteiger partial charge is 0.323 e. The van der Waals surface area contributed by atoms with Gasteiger partial charge in [0, 0.05) is 17.6 Å². The fourth-order valence-corrected chi connectivity index (χ4v) is 7.05. The molecule has 1 aromatic rings. The lowest BCUT2D eigenvalue weighted by Gasteiger charge is -2.63. The van der Waals surface area contributed by atoms with E-state index in [0.29, 0.717) is 18.6 Å². The van der Waals surface area contributed by atoms with Crippen LogP contribution in [0, 0.1) is 5.92 Å². The van der Waals surface area contributed by atoms with Gasteiger partial charge < -0.3 is 24.6 Å². The largest absolute Gasteiger partial charge is 0.504 e. The molecule has 7 nitrogen and oxygen atoms in total. The number of likely N-dealkylation sites (tertiary alicyclic amines) is 1. The van der Waals surface area contributed by atoms with Crippen LogP contribution < -0.4 is 10.1 Å². The van der Waals surface area contributed by atoms with Gasteiger partial charge in [0.05, 0.1) is 11.0 Å². The molecule has 0 unspecified atom stereocenters. The van der Waals surface area contributed by atoms with Crippen LogP contribution in [0.3, 0.4) is 0 Å². The minimum Gasteiger partial charge on any atom is -0.504 e. The van der Waals surface area contributed by atoms with Crippen molar-refractivity contribution in [3.05, 3.63) is 23.3 Å². The number of aromatic hydroxyl groups is 1. The Labute approximate surface area is 196 Å². The third kappa shape index (κ3) is 3.15. The van der Waals surface area contributed by atoms with Crippen molar-refractivity contribution in [1.82, 2.24) is 10.2 Å². The van der Waals surface area contributed by atoms with Crippen LogP contribution in [0.2, 0.25) is 0 Å². The number of piperidine rings is 1. The molecule has 182 valence electrons. The summed E-state index contributed by atoms with van der Waals surface area (Å²) in [6, 6.07) is 3.08. The number of nitrogens with zero attached hydrogens (tertiary/aromatic N) is 1. The van der Waals surface area contributed by atoms with Crippen molar-refractivity contribution in [2.75, 3.05) is 13.6 Å². The molecular weight excluding hydrogens is 420 g/mol. The van der Waals surface area contributed by atoms with Crippen molar-refractivity contribution >= 4 is 5.97 Å². The number of carbonyl (C=O) groups is 1. The van der Waals surface area contributed by atoms with Crippen LogP contribution in [0.25, 0.3) is 0 Å². The Kier molecular flexibility index (Phi) is 5.10. The van der Waals surface area contributed by atoms with E-state index in [2.05, 4.69) is 17.3 Å². The van der Waals surface area contributed by atoms with Gasteiger partial charge in [0.1, 0.15) is 17.7 Å². The number of rotatable bonds is 4. The first-order chi connectivity index (χ1) is 15.4. The molecule has 4 aliphatic rings. The molecule has 0 aromatic heterocycles. The van der Waals surface area contributed by atoms with E-state index in [1.54, 1.807) is 6.07 Å². The summed E-state index contributed by atoms with van der Waals surface area (Å²) in [5.41, 5.74) is 0.0395. The second-order valence-electron chi connectivity index (χ2n) is 11.9. The number of esters is 1. The van der Waals surface area contributed by atoms with Gasteiger partial charge in [-0.15, -0.1) is 0 Å². The van der Waals surface area contributed by atoms with Gasteiger partial charge in [-0.1, -0.05) is 19.9 Å². The number of phenols is 1. The Morgan fingerprint density at radius 1 is 1.30 bits per heavy atom. The molecule has 2 bridgehead atoms. The van der Waals surface area contributed by atoms with E-state index < -0.39 is 22.7 Å². The minimum atomic E-state index is -0.936. The molecule has 1 spiro atoms. The fraction of sp³-hybridized carbons (Fsp3) is 0.731. The predicted molar refractivity (Wildman–Crippen MR) is 125 cm³/mol. The molecule has 2 fully saturated rings. The van der Waals surface area contributed by atoms with Gasteiger partial charge in [0.15, 0.2) is 11.5 Å². The second-order valence-corrected chi connectivity index (χ2v) is 11.9. The zero-order valence-electron chi connectivity index (χ0n) is 20.6. The van der Waals surface area contributed by atoms with Gasteiger partial charge in [-0.05, 0) is 77.6 Å². The highest BCUT2D eigenvalue weighted by molar-refractivity contribution is 5.76. The van der Waals surface area contributed by atoms with Crippen molar-refractivity contribution in [3.8, 4) is 11.5 Å². The number of ether oxygens (including phenoxy) is 2. The first kappa shape index (κ1) is 22.9. The highest BCUT2D eigenvalue weighted by Crippen LogP contribution is 2.65. The Balaban J connectivity index is 1.55. The summed E-state index contributed by atoms with van der Waals surface area (Å²) >= 11 is 0. The summed E-state index contributed by atoms with van der Waals surface area (Å²) in [6.45, 7) is 10.5. The topological polar surface area (TPSA) is 91.3 Å². The lowest BCUT2D eigenvalue weighted by atomic mass is 9.48. The normalized spacial score (nSPS) is 35.7. The predicted octanol–water partition coefficient (Wildman–Crippen LogP) is 2.50. The van der Waals surface area contributed by atoms with Crippen LogP contribution in [-0.2, 0) is 21.4 Å². The molecule has 0 amide bonds. The monoisotopic (exact) mass is 458 g/mol. The molecule has 2 aliphatic heterocycles. The molecule has 33 heavy (non-hydrogen) atoms. The molecule has 0 radical (unpaired) electrons. The summed E-state index contributed by atoms with van der Waals surface area (Å²) < 4.78 is 12.3. The Hall–Kier alpha value is -1.83. The summed E-state index contributed by atoms with van der Waals surface area (Å²) in [5.74, 6) is 0.414. The number of hydrogen-bond donors (Lipinski definition) is 3. The standard InChI is InChI=1S/C26H38N2O5/c1-14(2)20(23(30)33-24(3,4)5)27-16-9-10-26(31)18-13-15-7-8-17(29)21-19(15)25(26,22(16)32-21)11-12-28(18)6/h7-8,14,16,18,20,22,27,29,31H,9-13H2,1-6H3/t16-,18-,20+,22+,25+,26-/m1/s1. The lowest BCUT2D eigenvalue weighted by molar-refractivity contribution is -0.188. The van der Waals surface area contributed by atoms with Gasteiger partial charge >= 0.3 is 5.97 Å². The first-order valence-electron chi connectivity index (χ1n) is 12.3. The zero-order chi connectivity index (χ0) is 23.9. The van der Waals surface area contributed by atoms with Crippen LogP contribution in [0.15, 0.2) is 12.1 Å². The average molecular weight is 459 g/mol. The fourth-order valence-electron chi connectivity index (χ4n) is 7.05. The van der Waals surface area contributed by atoms with Gasteiger partial charge in [-0.3, -0.25) is 10.1 Å². The van der Waals surface area contributed by atoms with Crippen LogP contribution in [0.4, 0.5) is 0 Å². The first-order valence-corrected chi connectivity index (χ1v) is 12.3. The van der Waals surface area contributed by atoms with Crippen molar-refractivity contribution in [2.24, 2.45) is 5.92 Å². The van der Waals surface area contributed by atoms with E-state index in [4.69, 9.17) is 9.47 Å². The minimum absolute atomic E-state index is 0.00745. The zero-order valence-corrected chi connectivity index (χ0v) is 20.6. The molecule has 1 saturated carbocycles. The van der Waals surface area contributed by atoms with Gasteiger partial charge in [0.2, 0.25) is 0 Å². The number of phenolic OH excluding ortho intramolecular Hbond substituents is 1. The quantitative estimate of drug-likeness (QED) is 0.597. The molecule has 6 atom stereocenters. The van der Waals surface area contributed by atoms with Crippen LogP contribution in [-0.4, -0.2) is 70.1 Å². The van der Waals surface area contributed by atoms with Crippen molar-refractivity contribution in [3.63, 3.8) is 0 Å². The number of benzene rings is 1. The van der Waals surface area contributed by atoms with E-state index in [0.717, 1.165) is 30.5 Å². The van der Waals surface area contributed by atoms with E-state index in [-0.39, 0.29) is 35.8 Å². The van der Waals surface area contributed by atoms with Gasteiger partial charge in [-0.25, -0.2) is 0 Å². The Bertz CT molecular complexity index is 972. The maximum Gasteiger partial charge on any atom is 0.323 e. The van der Waals surface area contributed by atoms with E-state index >= 15 is 0 Å². The number of likely N-dealkylation sites (N-methyl/N-ethyl adjacent to an activating group) is 1. The highest BCUT2D eigenvalue weighted by atomic mass is 16.6. The average Bonchev–Trinajstić information content (AvgIpc) is 3.06. The second kappa shape index (κ2) is 7.33. The molecule has 3 N–H and O–H groups in total. The van der Waals surface area contributed by atoms with Crippen LogP contribution >= 0.6 is 0 Å². The number of carbonyl (C=O) groups excluding carboxylic acids is 1. The van der Waals surface area contributed by atoms with Crippen LogP contribution in [0.1, 0.15) is 65.0 Å². The molecular formula is C26H38N2O5. The molecule has 1 saturated heterocycles. The summed E-state index contributed by atoms with van der Waals surface area (Å²) in [4.78, 5) is 15.3. The number of aliphatic hydroxyl groups is 1. The molecule has 1 aromatic carbocycles. The lowest BCUT2D eigenvalue weighted by Crippen LogP contribution is -2.78. The molecule has 2 aliphatic carbocycles. The third-order valence-electron chi connectivity index (χ3n) is 8.45. The van der Waals surface area contributed by atoms with E-state index in [1.165, 1.54) is 0 Å². The number of nitrogens with one attached hydrogen (secondary N) is 1. The van der Waals surface area contributed by atoms with Crippen molar-refractivity contribution in [2.45, 2.75) is 101 Å². The van der Waals surface area contributed by atoms with E-state index in [9.17, 15) is 15.0 Å². The summed E-state index contributed by atoms with van der Waals surface area (Å²) in [6.07, 6.45) is 2.44. The van der Waals surface area contributed by atoms with Crippen molar-refractivity contribution in [1.29, 1.82) is 0 Å². The maximum absolute atomic E-state index is 13.1. The van der Waals surface area contributed by atoms with Gasteiger partial charge in [0.25, 0.3) is 0 Å². The highest BCUT2D eigenvalue weighted by Gasteiger charge is 2.72. The SMILES string of the molecule is CC(C)[C@H](N[C@@H]1CC[C@@]2(O)[C@H]3Cc4ccc(O)c5c4[C@@]2(CCN3C)[C@H]1O5)C(=O)OC(C)(C)C. The Morgan fingerprint density at radius 2 is 2.03 bits per heavy atom. The molecule has 2 heterocycles. The summed E-state index contributed by atoms with van der Waals surface area (Å²) in [5, 5.41) is 26.6. The van der Waals surface area contributed by atoms with E-state index in [1.807, 2.05) is 40.7 Å². The third-order valence-corrected chi connectivity index (χ3v) is 8.45. The van der Waals surface area contributed by atoms with Crippen LogP contribution in [0.5, 0.6) is 11.5 Å². The Morgan fingerprint density at radius 3 is 2.70 bits per heavy atom. The summed E-state index contributed by atoms with van der Waals surface area (Å²) in [7, 11) is 2.09. The maximum atomic E-state index is 13.1. The number of hydrogen-bond acceptors (Lipinski definition) is 7.